The lowest BCUT2D eigenvalue weighted by Crippen LogP contribution is -2.17. The van der Waals surface area contributed by atoms with Crippen molar-refractivity contribution in [1.29, 1.82) is 0 Å². The molecule has 0 bridgehead atoms. The van der Waals surface area contributed by atoms with Gasteiger partial charge in [-0.05, 0) is 78.9 Å². The van der Waals surface area contributed by atoms with Crippen molar-refractivity contribution in [1.82, 2.24) is 9.99 Å². The van der Waals surface area contributed by atoms with Crippen molar-refractivity contribution in [3.8, 4) is 5.69 Å². The third kappa shape index (κ3) is 4.65. The highest BCUT2D eigenvalue weighted by atomic mass is 127. The van der Waals surface area contributed by atoms with Gasteiger partial charge >= 0.3 is 0 Å². The van der Waals surface area contributed by atoms with Gasteiger partial charge in [0.15, 0.2) is 0 Å². The van der Waals surface area contributed by atoms with Crippen molar-refractivity contribution in [2.45, 2.75) is 13.8 Å². The highest BCUT2D eigenvalue weighted by Crippen LogP contribution is 2.29. The summed E-state index contributed by atoms with van der Waals surface area (Å²) in [7, 11) is 0. The molecule has 0 radical (unpaired) electrons. The van der Waals surface area contributed by atoms with Crippen LogP contribution in [-0.4, -0.2) is 21.6 Å². The van der Waals surface area contributed by atoms with Crippen molar-refractivity contribution in [2.24, 2.45) is 5.10 Å². The van der Waals surface area contributed by atoms with E-state index >= 15 is 0 Å². The molecule has 29 heavy (non-hydrogen) atoms. The summed E-state index contributed by atoms with van der Waals surface area (Å²) < 4.78 is 2.91. The van der Waals surface area contributed by atoms with Crippen LogP contribution >= 0.6 is 34.2 Å². The fraction of sp³-hybridized carbons (Fsp3) is 0.100. The van der Waals surface area contributed by atoms with Crippen LogP contribution in [0.3, 0.4) is 0 Å². The Labute approximate surface area is 185 Å². The highest BCUT2D eigenvalue weighted by molar-refractivity contribution is 14.1. The number of hydrazone groups is 1. The molecule has 1 N–H and O–H groups in total. The minimum atomic E-state index is -0.511. The second-order valence-corrected chi connectivity index (χ2v) is 7.91. The molecule has 3 rings (SSSR count). The molecule has 7 nitrogen and oxygen atoms in total. The Bertz CT molecular complexity index is 1120. The number of rotatable bonds is 5. The monoisotopic (exact) mass is 522 g/mol. The van der Waals surface area contributed by atoms with Crippen molar-refractivity contribution >= 4 is 52.0 Å². The van der Waals surface area contributed by atoms with E-state index in [4.69, 9.17) is 11.6 Å². The number of carbonyl (C=O) groups excluding carboxylic acids is 1. The molecule has 0 fully saturated rings. The van der Waals surface area contributed by atoms with E-state index in [2.05, 4.69) is 33.1 Å². The van der Waals surface area contributed by atoms with Gasteiger partial charge in [0, 0.05) is 32.2 Å². The predicted octanol–water partition coefficient (Wildman–Crippen LogP) is 5.02. The number of aromatic nitrogens is 1. The number of nitrogens with one attached hydrogen (secondary N) is 1. The van der Waals surface area contributed by atoms with Crippen LogP contribution in [-0.2, 0) is 0 Å². The Kier molecular flexibility index (Phi) is 6.33. The molecule has 1 amide bonds. The average Bonchev–Trinajstić information content (AvgIpc) is 2.96. The Morgan fingerprint density at radius 3 is 2.55 bits per heavy atom. The Morgan fingerprint density at radius 1 is 1.21 bits per heavy atom. The molecular weight excluding hydrogens is 507 g/mol. The summed E-state index contributed by atoms with van der Waals surface area (Å²) in [6, 6.07) is 13.7. The van der Waals surface area contributed by atoms with Gasteiger partial charge in [0.2, 0.25) is 0 Å². The molecule has 0 aliphatic carbocycles. The lowest BCUT2D eigenvalue weighted by Gasteiger charge is -2.10. The molecule has 0 aliphatic rings. The van der Waals surface area contributed by atoms with Gasteiger partial charge in [-0.15, -0.1) is 0 Å². The van der Waals surface area contributed by atoms with Crippen LogP contribution in [0.25, 0.3) is 5.69 Å². The number of carbonyl (C=O) groups is 1. The number of nitrogens with zero attached hydrogens (tertiary/aromatic N) is 3. The molecular formula is C20H16ClIN4O3. The summed E-state index contributed by atoms with van der Waals surface area (Å²) in [6.07, 6.45) is 1.55. The van der Waals surface area contributed by atoms with E-state index in [9.17, 15) is 14.9 Å². The van der Waals surface area contributed by atoms with Crippen LogP contribution in [0.2, 0.25) is 5.02 Å². The number of nitro groups is 1. The third-order valence-corrected chi connectivity index (χ3v) is 5.37. The Morgan fingerprint density at radius 2 is 1.90 bits per heavy atom. The van der Waals surface area contributed by atoms with Gasteiger partial charge in [-0.3, -0.25) is 14.9 Å². The van der Waals surface area contributed by atoms with Crippen LogP contribution in [0.15, 0.2) is 53.6 Å². The third-order valence-electron chi connectivity index (χ3n) is 4.33. The summed E-state index contributed by atoms with van der Waals surface area (Å²) in [6.45, 7) is 3.75. The lowest BCUT2D eigenvalue weighted by atomic mass is 10.2. The summed E-state index contributed by atoms with van der Waals surface area (Å²) >= 11 is 8.08. The van der Waals surface area contributed by atoms with Gasteiger partial charge in [0.1, 0.15) is 5.02 Å². The van der Waals surface area contributed by atoms with E-state index in [1.165, 1.54) is 12.1 Å². The zero-order valence-electron chi connectivity index (χ0n) is 15.5. The van der Waals surface area contributed by atoms with Crippen LogP contribution in [0.5, 0.6) is 0 Å². The van der Waals surface area contributed by atoms with E-state index < -0.39 is 4.92 Å². The predicted molar refractivity (Wildman–Crippen MR) is 121 cm³/mol. The molecule has 9 heteroatoms. The number of aryl methyl sites for hydroxylation is 1. The van der Waals surface area contributed by atoms with Crippen LogP contribution in [0.1, 0.15) is 27.3 Å². The second kappa shape index (κ2) is 8.75. The molecule has 2 aromatic carbocycles. The zero-order chi connectivity index (χ0) is 21.1. The summed E-state index contributed by atoms with van der Waals surface area (Å²) in [5.74, 6) is -0.306. The first-order valence-electron chi connectivity index (χ1n) is 8.50. The van der Waals surface area contributed by atoms with E-state index in [-0.39, 0.29) is 16.6 Å². The van der Waals surface area contributed by atoms with Crippen molar-refractivity contribution in [2.75, 3.05) is 0 Å². The second-order valence-electron chi connectivity index (χ2n) is 6.26. The van der Waals surface area contributed by atoms with E-state index in [1.54, 1.807) is 24.4 Å². The fourth-order valence-corrected chi connectivity index (χ4v) is 3.47. The van der Waals surface area contributed by atoms with Gasteiger partial charge < -0.3 is 4.57 Å². The first-order valence-corrected chi connectivity index (χ1v) is 9.96. The van der Waals surface area contributed by atoms with E-state index in [0.29, 0.717) is 11.3 Å². The quantitative estimate of drug-likeness (QED) is 0.221. The first kappa shape index (κ1) is 21.0. The van der Waals surface area contributed by atoms with Crippen molar-refractivity contribution in [3.05, 3.63) is 89.8 Å². The fourth-order valence-electron chi connectivity index (χ4n) is 2.92. The highest BCUT2D eigenvalue weighted by Gasteiger charge is 2.16. The maximum atomic E-state index is 12.1. The lowest BCUT2D eigenvalue weighted by molar-refractivity contribution is -0.384. The minimum Gasteiger partial charge on any atom is -0.318 e. The average molecular weight is 523 g/mol. The largest absolute Gasteiger partial charge is 0.318 e. The number of amides is 1. The molecule has 1 heterocycles. The van der Waals surface area contributed by atoms with Gasteiger partial charge in [0.25, 0.3) is 11.6 Å². The van der Waals surface area contributed by atoms with Gasteiger partial charge in [-0.1, -0.05) is 11.6 Å². The number of halogens is 2. The van der Waals surface area contributed by atoms with Gasteiger partial charge in [-0.25, -0.2) is 5.43 Å². The normalized spacial score (nSPS) is 11.0. The molecule has 1 aromatic heterocycles. The van der Waals surface area contributed by atoms with E-state index in [0.717, 1.165) is 20.5 Å². The molecule has 0 spiro atoms. The van der Waals surface area contributed by atoms with Gasteiger partial charge in [-0.2, -0.15) is 5.10 Å². The van der Waals surface area contributed by atoms with Crippen LogP contribution < -0.4 is 5.43 Å². The van der Waals surface area contributed by atoms with Gasteiger partial charge in [0.05, 0.1) is 16.8 Å². The maximum Gasteiger partial charge on any atom is 0.289 e. The van der Waals surface area contributed by atoms with Crippen LogP contribution in [0.4, 0.5) is 5.69 Å². The number of nitro benzene ring substituents is 1. The summed E-state index contributed by atoms with van der Waals surface area (Å²) in [5.41, 5.74) is 5.96. The van der Waals surface area contributed by atoms with E-state index in [1.807, 2.05) is 36.6 Å². The molecule has 0 atom stereocenters. The molecule has 148 valence electrons. The number of benzene rings is 2. The Hall–Kier alpha value is -2.72. The van der Waals surface area contributed by atoms with Crippen molar-refractivity contribution in [3.63, 3.8) is 0 Å². The number of hydrogen-bond acceptors (Lipinski definition) is 4. The van der Waals surface area contributed by atoms with Crippen LogP contribution in [0, 0.1) is 27.5 Å². The topological polar surface area (TPSA) is 89.5 Å². The minimum absolute atomic E-state index is 0.0845. The van der Waals surface area contributed by atoms with Crippen molar-refractivity contribution < 1.29 is 9.72 Å². The first-order chi connectivity index (χ1) is 13.8. The smallest absolute Gasteiger partial charge is 0.289 e. The summed E-state index contributed by atoms with van der Waals surface area (Å²) in [4.78, 5) is 22.8. The Balaban J connectivity index is 1.83. The molecule has 3 aromatic rings. The molecule has 0 aliphatic heterocycles. The SMILES string of the molecule is Cc1cc(/C=N\NC(=O)c2ccc(I)cc2)c(C)n1-c1ccc(Cl)c([N+](=O)[O-])c1. The zero-order valence-corrected chi connectivity index (χ0v) is 18.4. The molecule has 0 saturated carbocycles. The maximum absolute atomic E-state index is 12.1. The molecule has 0 saturated heterocycles. The number of hydrogen-bond donors (Lipinski definition) is 1. The molecule has 0 unspecified atom stereocenters. The standard InChI is InChI=1S/C20H16ClIN4O3/c1-12-9-15(11-23-24-20(27)14-3-5-16(22)6-4-14)13(2)25(12)17-7-8-18(21)19(10-17)26(28)29/h3-11H,1-2H3,(H,24,27)/b23-11-. The summed E-state index contributed by atoms with van der Waals surface area (Å²) in [5, 5.41) is 15.3.